The number of amides is 1. The Kier molecular flexibility index (Phi) is 22.7. The number of carbonyl (C=O) groups excluding carboxylic acids is 4. The van der Waals surface area contributed by atoms with Gasteiger partial charge in [0.2, 0.25) is 0 Å². The number of rotatable bonds is 12. The van der Waals surface area contributed by atoms with Crippen molar-refractivity contribution in [2.75, 3.05) is 7.11 Å². The van der Waals surface area contributed by atoms with Gasteiger partial charge in [-0.1, -0.05) is 161 Å². The molecule has 0 radical (unpaired) electrons. The molecular weight excluding hydrogens is 1580 g/mol. The van der Waals surface area contributed by atoms with E-state index >= 15 is 0 Å². The molecule has 11 heterocycles. The molecule has 28 heteroatoms. The van der Waals surface area contributed by atoms with Crippen molar-refractivity contribution in [1.29, 1.82) is 0 Å². The molecule has 6 N–H and O–H groups in total. The van der Waals surface area contributed by atoms with Crippen LogP contribution in [-0.2, 0) is 40.5 Å². The second kappa shape index (κ2) is 33.7. The predicted molar refractivity (Wildman–Crippen MR) is 453 cm³/mol. The number of nitrogens with one attached hydrogen (secondary N) is 3. The molecule has 0 spiro atoms. The van der Waals surface area contributed by atoms with Gasteiger partial charge in [-0.25, -0.2) is 40.4 Å². The van der Waals surface area contributed by atoms with Crippen molar-refractivity contribution < 1.29 is 38.6 Å². The minimum absolute atomic E-state index is 0.0243. The van der Waals surface area contributed by atoms with Gasteiger partial charge in [0.15, 0.2) is 0 Å². The van der Waals surface area contributed by atoms with Crippen LogP contribution in [0.3, 0.4) is 0 Å². The maximum Gasteiger partial charge on any atom is 0.356 e. The highest BCUT2D eigenvalue weighted by Crippen LogP contribution is 2.37. The number of esters is 2. The van der Waals surface area contributed by atoms with Gasteiger partial charge >= 0.3 is 17.9 Å². The first-order chi connectivity index (χ1) is 55.8. The van der Waals surface area contributed by atoms with Crippen LogP contribution in [0, 0.1) is 0 Å². The summed E-state index contributed by atoms with van der Waals surface area (Å²) in [4.78, 5) is 89.5. The Labute approximate surface area is 683 Å². The number of ether oxygens (including phenoxy) is 2. The zero-order valence-corrected chi connectivity index (χ0v) is 65.2. The Balaban J connectivity index is 0.000000115. The molecule has 0 unspecified atom stereocenters. The number of carbonyl (C=O) groups is 5. The molecule has 11 aromatic heterocycles. The van der Waals surface area contributed by atoms with Crippen LogP contribution in [0.25, 0.3) is 109 Å². The van der Waals surface area contributed by atoms with E-state index in [0.717, 1.165) is 131 Å². The molecule has 0 bridgehead atoms. The van der Waals surface area contributed by atoms with Crippen molar-refractivity contribution in [3.63, 3.8) is 0 Å². The highest BCUT2D eigenvalue weighted by Gasteiger charge is 2.21. The summed E-state index contributed by atoms with van der Waals surface area (Å²) in [5.41, 5.74) is 16.3. The number of hydrogen-bond donors (Lipinski definition) is 5. The quantitative estimate of drug-likeness (QED) is 0.0329. The van der Waals surface area contributed by atoms with E-state index in [2.05, 4.69) is 69.8 Å². The molecule has 0 fully saturated rings. The number of imidazole rings is 1. The zero-order valence-electron chi connectivity index (χ0n) is 60.7. The van der Waals surface area contributed by atoms with Gasteiger partial charge in [0.05, 0.1) is 71.4 Å². The lowest BCUT2D eigenvalue weighted by molar-refractivity contribution is -0.142. The van der Waals surface area contributed by atoms with E-state index < -0.39 is 17.8 Å². The molecule has 0 aliphatic heterocycles. The number of para-hydroxylation sites is 5. The first kappa shape index (κ1) is 77.3. The maximum atomic E-state index is 12.7. The lowest BCUT2D eigenvalue weighted by Gasteiger charge is -2.10. The third kappa shape index (κ3) is 16.3. The van der Waals surface area contributed by atoms with Crippen molar-refractivity contribution in [3.05, 3.63) is 331 Å². The Morgan fingerprint density at radius 1 is 0.435 bits per heavy atom. The van der Waals surface area contributed by atoms with Crippen LogP contribution < -0.4 is 11.3 Å². The van der Waals surface area contributed by atoms with Crippen LogP contribution in [0.15, 0.2) is 256 Å². The minimum atomic E-state index is -1.04. The molecular formula is C87H62Cl6N14O8. The van der Waals surface area contributed by atoms with Gasteiger partial charge in [-0.2, -0.15) is 0 Å². The van der Waals surface area contributed by atoms with Crippen molar-refractivity contribution in [2.24, 2.45) is 5.84 Å². The summed E-state index contributed by atoms with van der Waals surface area (Å²) in [5, 5.41) is 23.1. The summed E-state index contributed by atoms with van der Waals surface area (Å²) in [7, 11) is 1.35. The van der Waals surface area contributed by atoms with Gasteiger partial charge in [0.1, 0.15) is 35.7 Å². The van der Waals surface area contributed by atoms with E-state index in [1.807, 2.05) is 146 Å². The fourth-order valence-corrected chi connectivity index (χ4v) is 14.9. The summed E-state index contributed by atoms with van der Waals surface area (Å²) >= 11 is 37.5. The average Bonchev–Trinajstić information content (AvgIpc) is 1.65. The van der Waals surface area contributed by atoms with Gasteiger partial charge in [-0.15, -0.1) is 0 Å². The second-order valence-corrected chi connectivity index (χ2v) is 28.8. The molecule has 0 atom stereocenters. The summed E-state index contributed by atoms with van der Waals surface area (Å²) in [6, 6.07) is 65.0. The van der Waals surface area contributed by atoms with Crippen LogP contribution >= 0.6 is 69.6 Å². The van der Waals surface area contributed by atoms with E-state index in [1.54, 1.807) is 98.0 Å². The molecule has 115 heavy (non-hydrogen) atoms. The van der Waals surface area contributed by atoms with Crippen molar-refractivity contribution >= 4 is 208 Å². The number of nitrogens with two attached hydrogens (primary N) is 1. The first-order valence-corrected chi connectivity index (χ1v) is 37.7. The van der Waals surface area contributed by atoms with Gasteiger partial charge < -0.3 is 38.2 Å². The van der Waals surface area contributed by atoms with Gasteiger partial charge in [-0.05, 0) is 132 Å². The standard InChI is InChI=1S/C22H14Cl2N4O.C19H14Cl2N4O.C19H12Cl2N2O2.C14H12N2O2.C13H10N2O2/c23-15-5-6-18(24)14(9-15)12-28-20-4-2-1-3-16(20)17-10-19(26-11-21(17)28)22(29)27-8-7-25-13-27;20-12-5-6-15(21)11(7-12)10-25-17-4-2-1-3-13(17)14-8-16(19(26)24-22)23-9-18(14)25;20-12-5-6-15(21)11(7-12)10-23-17-4-2-1-3-13(17)14-8-16(19(24)25)22-9-18(14)23;1-9(17)18-8-10-6-12-11-4-2-3-5-13(11)16-14(12)7-15-10;1-17-13(16)11-6-9-8-4-2-3-5-10(8)15-12(9)7-14-11/h1-11,13H,12H2;1-9H,10,22H2,(H,24,26);1-9H,10H2,(H,24,25);2-7,16H,8H2,1H3;2-7,15H,1H3. The zero-order chi connectivity index (χ0) is 80.1. The number of nitrogen functional groups attached to an aromatic ring is 1. The highest BCUT2D eigenvalue weighted by atomic mass is 35.5. The Hall–Kier alpha value is -13.0. The monoisotopic (exact) mass is 1640 g/mol. The molecule has 22 nitrogen and oxygen atoms in total. The molecule has 8 aromatic carbocycles. The lowest BCUT2D eigenvalue weighted by Crippen LogP contribution is -2.30. The number of hydrogen-bond acceptors (Lipinski definition) is 14. The minimum Gasteiger partial charge on any atom is -0.477 e. The number of carboxylic acids is 1. The normalized spacial score (nSPS) is 11.2. The molecule has 0 saturated carbocycles. The number of H-pyrrole nitrogens is 2. The Morgan fingerprint density at radius 3 is 1.28 bits per heavy atom. The third-order valence-corrected chi connectivity index (χ3v) is 21.0. The number of benzene rings is 8. The number of aromatic amines is 2. The van der Waals surface area contributed by atoms with Gasteiger partial charge in [0.25, 0.3) is 11.8 Å². The number of aromatic carboxylic acids is 1. The summed E-state index contributed by atoms with van der Waals surface area (Å²) in [6.45, 7) is 3.19. The summed E-state index contributed by atoms with van der Waals surface area (Å²) < 4.78 is 17.4. The lowest BCUT2D eigenvalue weighted by atomic mass is 10.1. The Bertz CT molecular complexity index is 7020. The van der Waals surface area contributed by atoms with E-state index in [9.17, 15) is 29.1 Å². The first-order valence-electron chi connectivity index (χ1n) is 35.4. The molecule has 1 amide bonds. The number of pyridine rings is 5. The van der Waals surface area contributed by atoms with Crippen LogP contribution in [0.4, 0.5) is 0 Å². The number of carboxylic acid groups (broad SMARTS) is 1. The fraction of sp³-hybridized carbons (Fsp3) is 0.0690. The van der Waals surface area contributed by atoms with Crippen LogP contribution in [0.5, 0.6) is 0 Å². The topological polar surface area (TPSA) is 291 Å². The molecule has 19 rings (SSSR count). The smallest absolute Gasteiger partial charge is 0.356 e. The average molecular weight is 1640 g/mol. The van der Waals surface area contributed by atoms with Crippen molar-refractivity contribution in [3.8, 4) is 0 Å². The number of halogens is 6. The maximum absolute atomic E-state index is 12.7. The number of methoxy groups -OCH3 is 1. The third-order valence-electron chi connectivity index (χ3n) is 19.2. The van der Waals surface area contributed by atoms with Gasteiger partial charge in [0, 0.05) is 151 Å². The van der Waals surface area contributed by atoms with E-state index in [4.69, 9.17) is 80.2 Å². The van der Waals surface area contributed by atoms with Crippen LogP contribution in [0.2, 0.25) is 30.1 Å². The van der Waals surface area contributed by atoms with E-state index in [-0.39, 0.29) is 29.9 Å². The molecule has 0 saturated heterocycles. The predicted octanol–water partition coefficient (Wildman–Crippen LogP) is 20.1. The second-order valence-electron chi connectivity index (χ2n) is 26.3. The van der Waals surface area contributed by atoms with Crippen LogP contribution in [-0.4, -0.2) is 100 Å². The fourth-order valence-electron chi connectivity index (χ4n) is 13.8. The summed E-state index contributed by atoms with van der Waals surface area (Å²) in [5.74, 6) is 2.82. The number of aromatic nitrogens is 12. The van der Waals surface area contributed by atoms with Crippen LogP contribution in [0.1, 0.15) is 71.3 Å². The van der Waals surface area contributed by atoms with Crippen molar-refractivity contribution in [2.45, 2.75) is 33.2 Å². The molecule has 0 aliphatic carbocycles. The van der Waals surface area contributed by atoms with Crippen molar-refractivity contribution in [1.82, 2.24) is 63.6 Å². The van der Waals surface area contributed by atoms with Gasteiger partial charge in [-0.3, -0.25) is 29.4 Å². The largest absolute Gasteiger partial charge is 0.477 e. The highest BCUT2D eigenvalue weighted by molar-refractivity contribution is 6.35. The number of hydrazine groups is 1. The SMILES string of the molecule is CC(=O)OCc1cc2c(cn1)[nH]c1ccccc12.COC(=O)c1cc2c(cn1)[nH]c1ccccc12.NNC(=O)c1cc2c3ccccc3n(Cc3cc(Cl)ccc3Cl)c2cn1.O=C(O)c1cc2c3ccccc3n(Cc3cc(Cl)ccc3Cl)c2cn1.O=C(c1cc2c3ccccc3n(Cc3cc(Cl)ccc3Cl)c2cn1)n1ccnc1. The molecule has 570 valence electrons. The summed E-state index contributed by atoms with van der Waals surface area (Å²) in [6.07, 6.45) is 13.1. The van der Waals surface area contributed by atoms with E-state index in [1.165, 1.54) is 24.9 Å². The molecule has 0 aliphatic rings. The van der Waals surface area contributed by atoms with E-state index in [0.29, 0.717) is 61.2 Å². The number of fused-ring (bicyclic) bond motifs is 15. The Morgan fingerprint density at radius 2 is 0.835 bits per heavy atom. The number of nitrogens with zero attached hydrogens (tertiary/aromatic N) is 10. The molecule has 19 aromatic rings.